The Labute approximate surface area is 221 Å². The molecule has 0 saturated carbocycles. The molecule has 0 fully saturated rings. The first-order valence-electron chi connectivity index (χ1n) is 11.8. The van der Waals surface area contributed by atoms with Crippen molar-refractivity contribution in [1.29, 1.82) is 0 Å². The molecule has 0 unspecified atom stereocenters. The van der Waals surface area contributed by atoms with Crippen LogP contribution in [0.2, 0.25) is 5.02 Å². The number of aromatic amines is 1. The van der Waals surface area contributed by atoms with Gasteiger partial charge in [-0.05, 0) is 46.3 Å². The van der Waals surface area contributed by atoms with Crippen molar-refractivity contribution >= 4 is 22.8 Å². The summed E-state index contributed by atoms with van der Waals surface area (Å²) in [6.07, 6.45) is 5.41. The van der Waals surface area contributed by atoms with Crippen molar-refractivity contribution in [1.82, 2.24) is 39.7 Å². The lowest BCUT2D eigenvalue weighted by molar-refractivity contribution is 0.405. The van der Waals surface area contributed by atoms with E-state index >= 15 is 0 Å². The first-order valence-corrected chi connectivity index (χ1v) is 12.2. The van der Waals surface area contributed by atoms with Crippen LogP contribution < -0.4 is 10.3 Å². The van der Waals surface area contributed by atoms with E-state index in [1.54, 1.807) is 42.3 Å². The van der Waals surface area contributed by atoms with Gasteiger partial charge in [-0.3, -0.25) is 4.79 Å². The fourth-order valence-electron chi connectivity index (χ4n) is 4.53. The van der Waals surface area contributed by atoms with E-state index < -0.39 is 6.04 Å². The maximum atomic E-state index is 13.8. The molecule has 0 aliphatic heterocycles. The Morgan fingerprint density at radius 2 is 1.92 bits per heavy atom. The molecule has 4 heterocycles. The Kier molecular flexibility index (Phi) is 6.14. The van der Waals surface area contributed by atoms with Crippen molar-refractivity contribution in [2.24, 2.45) is 0 Å². The minimum absolute atomic E-state index is 0.238. The highest BCUT2D eigenvalue weighted by Gasteiger charge is 2.23. The van der Waals surface area contributed by atoms with Crippen molar-refractivity contribution < 1.29 is 4.74 Å². The van der Waals surface area contributed by atoms with Crippen LogP contribution in [0.5, 0.6) is 5.75 Å². The average Bonchev–Trinajstić information content (AvgIpc) is 3.63. The quantitative estimate of drug-likeness (QED) is 0.331. The fraction of sp³-hybridized carbons (Fsp3) is 0.111. The number of methoxy groups -OCH3 is 1. The number of hydrogen-bond donors (Lipinski definition) is 1. The Balaban J connectivity index is 1.52. The van der Waals surface area contributed by atoms with E-state index in [9.17, 15) is 4.79 Å². The van der Waals surface area contributed by atoms with Crippen molar-refractivity contribution in [3.8, 4) is 22.6 Å². The fourth-order valence-corrected chi connectivity index (χ4v) is 4.70. The number of hydrogen-bond acceptors (Lipinski definition) is 7. The first-order chi connectivity index (χ1) is 18.6. The third kappa shape index (κ3) is 4.41. The van der Waals surface area contributed by atoms with Crippen molar-refractivity contribution in [3.63, 3.8) is 0 Å². The van der Waals surface area contributed by atoms with E-state index in [1.807, 2.05) is 42.5 Å². The third-order valence-corrected chi connectivity index (χ3v) is 6.54. The average molecular weight is 525 g/mol. The summed E-state index contributed by atoms with van der Waals surface area (Å²) in [5.74, 6) is 1.10. The molecule has 0 aliphatic carbocycles. The van der Waals surface area contributed by atoms with Crippen LogP contribution >= 0.6 is 11.6 Å². The molecule has 0 radical (unpaired) electrons. The molecule has 0 saturated heterocycles. The summed E-state index contributed by atoms with van der Waals surface area (Å²) < 4.78 is 8.94. The van der Waals surface area contributed by atoms with Gasteiger partial charge in [-0.1, -0.05) is 41.9 Å². The van der Waals surface area contributed by atoms with Gasteiger partial charge >= 0.3 is 0 Å². The van der Waals surface area contributed by atoms with Gasteiger partial charge in [0, 0.05) is 34.8 Å². The van der Waals surface area contributed by atoms with Gasteiger partial charge in [-0.25, -0.2) is 9.97 Å². The second-order valence-corrected chi connectivity index (χ2v) is 9.05. The number of rotatable bonds is 7. The van der Waals surface area contributed by atoms with Gasteiger partial charge in [-0.15, -0.1) is 5.10 Å². The van der Waals surface area contributed by atoms with E-state index in [2.05, 4.69) is 25.5 Å². The lowest BCUT2D eigenvalue weighted by atomic mass is 10.0. The SMILES string of the molecule is COc1cn([C@H](Cc2ccccc2)c2nc3cccnc3[nH]2)c(=O)cc1-c1cc(Cl)ccc1-n1cnnn1. The number of nitrogens with one attached hydrogen (secondary N) is 1. The van der Waals surface area contributed by atoms with Crippen LogP contribution in [0.25, 0.3) is 28.0 Å². The van der Waals surface area contributed by atoms with Crippen LogP contribution in [-0.2, 0) is 6.42 Å². The number of aromatic nitrogens is 8. The van der Waals surface area contributed by atoms with Crippen molar-refractivity contribution in [2.75, 3.05) is 7.11 Å². The smallest absolute Gasteiger partial charge is 0.252 e. The highest BCUT2D eigenvalue weighted by molar-refractivity contribution is 6.31. The lowest BCUT2D eigenvalue weighted by Crippen LogP contribution is -2.27. The number of tetrazole rings is 1. The van der Waals surface area contributed by atoms with Gasteiger partial charge in [0.15, 0.2) is 5.65 Å². The van der Waals surface area contributed by atoms with Crippen LogP contribution in [-0.4, -0.2) is 46.8 Å². The van der Waals surface area contributed by atoms with Gasteiger partial charge in [-0.2, -0.15) is 4.68 Å². The number of benzene rings is 2. The molecule has 1 atom stereocenters. The number of ether oxygens (including phenoxy) is 1. The Morgan fingerprint density at radius 1 is 1.05 bits per heavy atom. The van der Waals surface area contributed by atoms with Gasteiger partial charge in [0.1, 0.15) is 23.4 Å². The number of H-pyrrole nitrogens is 1. The van der Waals surface area contributed by atoms with Gasteiger partial charge in [0.05, 0.1) is 25.0 Å². The Bertz CT molecular complexity index is 1750. The minimum atomic E-state index is -0.444. The van der Waals surface area contributed by atoms with Crippen LogP contribution in [0.1, 0.15) is 17.4 Å². The second kappa shape index (κ2) is 9.91. The van der Waals surface area contributed by atoms with E-state index in [1.165, 1.54) is 17.1 Å². The van der Waals surface area contributed by atoms with Crippen molar-refractivity contribution in [3.05, 3.63) is 112 Å². The minimum Gasteiger partial charge on any atom is -0.495 e. The molecule has 6 rings (SSSR count). The summed E-state index contributed by atoms with van der Waals surface area (Å²) in [5.41, 5.74) is 4.06. The summed E-state index contributed by atoms with van der Waals surface area (Å²) in [5, 5.41) is 12.0. The number of imidazole rings is 1. The molecular formula is C27H21ClN8O2. The predicted molar refractivity (Wildman–Crippen MR) is 143 cm³/mol. The third-order valence-electron chi connectivity index (χ3n) is 6.31. The highest BCUT2D eigenvalue weighted by Crippen LogP contribution is 2.35. The normalized spacial score (nSPS) is 12.1. The number of fused-ring (bicyclic) bond motifs is 1. The van der Waals surface area contributed by atoms with Crippen LogP contribution in [0.4, 0.5) is 0 Å². The number of pyridine rings is 2. The Hall–Kier alpha value is -4.83. The standard InChI is InChI=1S/C27H21ClN8O2/c1-38-24-15-35(25(37)14-20(24)19-13-18(28)9-10-22(19)36-16-30-33-34-36)23(12-17-6-3-2-4-7-17)27-31-21-8-5-11-29-26(21)32-27/h2-11,13-16,23H,12H2,1H3,(H,29,31,32)/t23-/m1/s1. The molecule has 0 aliphatic rings. The van der Waals surface area contributed by atoms with Crippen LogP contribution in [0, 0.1) is 0 Å². The zero-order valence-corrected chi connectivity index (χ0v) is 20.9. The molecule has 1 N–H and O–H groups in total. The molecule has 6 aromatic rings. The molecule has 0 amide bonds. The van der Waals surface area contributed by atoms with Crippen LogP contribution in [0.15, 0.2) is 90.2 Å². The molecule has 10 nitrogen and oxygen atoms in total. The van der Waals surface area contributed by atoms with Gasteiger partial charge in [0.2, 0.25) is 0 Å². The van der Waals surface area contributed by atoms with E-state index in [0.29, 0.717) is 45.5 Å². The molecular weight excluding hydrogens is 504 g/mol. The highest BCUT2D eigenvalue weighted by atomic mass is 35.5. The predicted octanol–water partition coefficient (Wildman–Crippen LogP) is 4.26. The Morgan fingerprint density at radius 3 is 2.68 bits per heavy atom. The number of nitrogens with zero attached hydrogens (tertiary/aromatic N) is 7. The molecule has 188 valence electrons. The molecule has 0 bridgehead atoms. The molecule has 11 heteroatoms. The largest absolute Gasteiger partial charge is 0.495 e. The molecule has 0 spiro atoms. The molecule has 2 aromatic carbocycles. The summed E-state index contributed by atoms with van der Waals surface area (Å²) >= 11 is 6.35. The summed E-state index contributed by atoms with van der Waals surface area (Å²) in [6, 6.07) is 20.0. The van der Waals surface area contributed by atoms with E-state index in [0.717, 1.165) is 11.1 Å². The summed E-state index contributed by atoms with van der Waals surface area (Å²) in [7, 11) is 1.56. The first kappa shape index (κ1) is 23.6. The monoisotopic (exact) mass is 524 g/mol. The van der Waals surface area contributed by atoms with Gasteiger partial charge in [0.25, 0.3) is 5.56 Å². The molecule has 4 aromatic heterocycles. The summed E-state index contributed by atoms with van der Waals surface area (Å²) in [6.45, 7) is 0. The van der Waals surface area contributed by atoms with Crippen molar-refractivity contribution in [2.45, 2.75) is 12.5 Å². The summed E-state index contributed by atoms with van der Waals surface area (Å²) in [4.78, 5) is 26.2. The zero-order chi connectivity index (χ0) is 26.1. The van der Waals surface area contributed by atoms with Gasteiger partial charge < -0.3 is 14.3 Å². The molecule has 38 heavy (non-hydrogen) atoms. The van der Waals surface area contributed by atoms with E-state index in [-0.39, 0.29) is 5.56 Å². The van der Waals surface area contributed by atoms with E-state index in [4.69, 9.17) is 21.3 Å². The lowest BCUT2D eigenvalue weighted by Gasteiger charge is -2.21. The zero-order valence-electron chi connectivity index (χ0n) is 20.2. The number of halogens is 1. The second-order valence-electron chi connectivity index (χ2n) is 8.62. The maximum Gasteiger partial charge on any atom is 0.252 e. The topological polar surface area (TPSA) is 116 Å². The maximum absolute atomic E-state index is 13.8. The van der Waals surface area contributed by atoms with Crippen LogP contribution in [0.3, 0.4) is 0 Å².